The van der Waals surface area contributed by atoms with E-state index in [9.17, 15) is 14.9 Å². The first kappa shape index (κ1) is 22.6. The lowest BCUT2D eigenvalue weighted by Crippen LogP contribution is -2.13. The van der Waals surface area contributed by atoms with E-state index in [0.29, 0.717) is 16.3 Å². The lowest BCUT2D eigenvalue weighted by atomic mass is 10.2. The first-order valence-electron chi connectivity index (χ1n) is 9.89. The number of esters is 1. The highest BCUT2D eigenvalue weighted by Crippen LogP contribution is 2.39. The lowest BCUT2D eigenvalue weighted by Gasteiger charge is -2.11. The van der Waals surface area contributed by atoms with Gasteiger partial charge in [0.15, 0.2) is 0 Å². The van der Waals surface area contributed by atoms with Gasteiger partial charge in [-0.25, -0.2) is 4.79 Å². The van der Waals surface area contributed by atoms with Crippen LogP contribution in [0.3, 0.4) is 0 Å². The third-order valence-electron chi connectivity index (χ3n) is 4.78. The van der Waals surface area contributed by atoms with Crippen LogP contribution in [-0.2, 0) is 0 Å². The van der Waals surface area contributed by atoms with Gasteiger partial charge in [-0.15, -0.1) is 0 Å². The van der Waals surface area contributed by atoms with Crippen LogP contribution in [0.25, 0.3) is 5.69 Å². The van der Waals surface area contributed by atoms with Gasteiger partial charge in [-0.3, -0.25) is 10.1 Å². The Hall–Kier alpha value is -3.62. The predicted molar refractivity (Wildman–Crippen MR) is 127 cm³/mol. The SMILES string of the molecule is Cc1ccc(Sc2c(C)nn(-c3ccccc3)c2OC(=O)c2cc([N+](=O)[O-])ccc2Cl)cc1. The minimum absolute atomic E-state index is 0.0563. The monoisotopic (exact) mass is 479 g/mol. The highest BCUT2D eigenvalue weighted by molar-refractivity contribution is 7.99. The van der Waals surface area contributed by atoms with Crippen molar-refractivity contribution in [2.75, 3.05) is 0 Å². The number of hydrogen-bond donors (Lipinski definition) is 0. The molecule has 0 atom stereocenters. The molecular formula is C24H18ClN3O4S. The summed E-state index contributed by atoms with van der Waals surface area (Å²) >= 11 is 7.57. The van der Waals surface area contributed by atoms with Crippen molar-refractivity contribution < 1.29 is 14.5 Å². The molecule has 0 N–H and O–H groups in total. The van der Waals surface area contributed by atoms with Crippen LogP contribution in [0.1, 0.15) is 21.6 Å². The van der Waals surface area contributed by atoms with Crippen molar-refractivity contribution in [2.24, 2.45) is 0 Å². The molecule has 0 bridgehead atoms. The van der Waals surface area contributed by atoms with E-state index in [4.69, 9.17) is 16.3 Å². The highest BCUT2D eigenvalue weighted by atomic mass is 35.5. The van der Waals surface area contributed by atoms with Gasteiger partial charge in [0.1, 0.15) is 0 Å². The van der Waals surface area contributed by atoms with E-state index < -0.39 is 10.9 Å². The minimum Gasteiger partial charge on any atom is -0.402 e. The smallest absolute Gasteiger partial charge is 0.346 e. The highest BCUT2D eigenvalue weighted by Gasteiger charge is 2.25. The second-order valence-corrected chi connectivity index (χ2v) is 8.68. The van der Waals surface area contributed by atoms with Gasteiger partial charge in [-0.1, -0.05) is 59.3 Å². The maximum Gasteiger partial charge on any atom is 0.346 e. The topological polar surface area (TPSA) is 87.3 Å². The summed E-state index contributed by atoms with van der Waals surface area (Å²) in [6.07, 6.45) is 0. The Kier molecular flexibility index (Phi) is 6.48. The summed E-state index contributed by atoms with van der Waals surface area (Å²) in [7, 11) is 0. The molecule has 4 rings (SSSR count). The number of ether oxygens (including phenoxy) is 1. The molecule has 1 aromatic heterocycles. The van der Waals surface area contributed by atoms with Gasteiger partial charge in [0.2, 0.25) is 5.88 Å². The van der Waals surface area contributed by atoms with Crippen LogP contribution < -0.4 is 4.74 Å². The van der Waals surface area contributed by atoms with E-state index in [1.807, 2.05) is 68.4 Å². The zero-order chi connectivity index (χ0) is 23.5. The van der Waals surface area contributed by atoms with Gasteiger partial charge in [0, 0.05) is 17.0 Å². The summed E-state index contributed by atoms with van der Waals surface area (Å²) in [5.41, 5.74) is 2.13. The first-order valence-corrected chi connectivity index (χ1v) is 11.1. The van der Waals surface area contributed by atoms with E-state index >= 15 is 0 Å². The van der Waals surface area contributed by atoms with Gasteiger partial charge in [-0.2, -0.15) is 9.78 Å². The number of benzene rings is 3. The van der Waals surface area contributed by atoms with E-state index in [1.54, 1.807) is 0 Å². The largest absolute Gasteiger partial charge is 0.402 e. The van der Waals surface area contributed by atoms with Crippen LogP contribution in [-0.4, -0.2) is 20.7 Å². The molecule has 0 aliphatic rings. The number of nitro benzene ring substituents is 1. The fraction of sp³-hybridized carbons (Fsp3) is 0.0833. The molecule has 9 heteroatoms. The number of nitrogens with zero attached hydrogens (tertiary/aromatic N) is 3. The quantitative estimate of drug-likeness (QED) is 0.180. The van der Waals surface area contributed by atoms with Crippen molar-refractivity contribution in [3.8, 4) is 11.6 Å². The number of hydrogen-bond acceptors (Lipinski definition) is 6. The fourth-order valence-electron chi connectivity index (χ4n) is 3.09. The van der Waals surface area contributed by atoms with Crippen LogP contribution in [0.2, 0.25) is 5.02 Å². The third kappa shape index (κ3) is 4.92. The molecule has 0 unspecified atom stereocenters. The molecule has 166 valence electrons. The van der Waals surface area contributed by atoms with Crippen molar-refractivity contribution >= 4 is 35.0 Å². The summed E-state index contributed by atoms with van der Waals surface area (Å²) < 4.78 is 7.32. The zero-order valence-corrected chi connectivity index (χ0v) is 19.3. The number of nitro groups is 1. The Morgan fingerprint density at radius 1 is 1.06 bits per heavy atom. The molecule has 0 saturated carbocycles. The van der Waals surface area contributed by atoms with E-state index in [2.05, 4.69) is 5.10 Å². The van der Waals surface area contributed by atoms with Gasteiger partial charge in [0.05, 0.1) is 31.8 Å². The average molecular weight is 480 g/mol. The fourth-order valence-corrected chi connectivity index (χ4v) is 4.20. The van der Waals surface area contributed by atoms with Gasteiger partial charge in [-0.05, 0) is 44.2 Å². The molecular weight excluding hydrogens is 462 g/mol. The van der Waals surface area contributed by atoms with Crippen molar-refractivity contribution in [3.05, 3.63) is 105 Å². The number of rotatable bonds is 6. The van der Waals surface area contributed by atoms with Gasteiger partial charge < -0.3 is 4.74 Å². The number of halogens is 1. The first-order chi connectivity index (χ1) is 15.8. The zero-order valence-electron chi connectivity index (χ0n) is 17.7. The van der Waals surface area contributed by atoms with Crippen LogP contribution in [0.15, 0.2) is 82.6 Å². The summed E-state index contributed by atoms with van der Waals surface area (Å²) in [6, 6.07) is 20.8. The molecule has 0 radical (unpaired) electrons. The Labute approximate surface area is 199 Å². The van der Waals surface area contributed by atoms with E-state index in [1.165, 1.54) is 28.6 Å². The maximum absolute atomic E-state index is 13.1. The van der Waals surface area contributed by atoms with E-state index in [0.717, 1.165) is 16.5 Å². The maximum atomic E-state index is 13.1. The molecule has 0 amide bonds. The molecule has 7 nitrogen and oxygen atoms in total. The Balaban J connectivity index is 1.78. The Bertz CT molecular complexity index is 1340. The van der Waals surface area contributed by atoms with Crippen LogP contribution in [0, 0.1) is 24.0 Å². The second-order valence-electron chi connectivity index (χ2n) is 7.19. The average Bonchev–Trinajstić information content (AvgIpc) is 3.11. The molecule has 0 aliphatic carbocycles. The van der Waals surface area contributed by atoms with Crippen LogP contribution >= 0.6 is 23.4 Å². The summed E-state index contributed by atoms with van der Waals surface area (Å²) in [5, 5.41) is 15.8. The summed E-state index contributed by atoms with van der Waals surface area (Å²) in [6.45, 7) is 3.83. The molecule has 1 heterocycles. The second kappa shape index (κ2) is 9.48. The number of para-hydroxylation sites is 1. The Morgan fingerprint density at radius 2 is 1.76 bits per heavy atom. The van der Waals surface area contributed by atoms with Crippen molar-refractivity contribution in [2.45, 2.75) is 23.6 Å². The van der Waals surface area contributed by atoms with Crippen molar-refractivity contribution in [3.63, 3.8) is 0 Å². The minimum atomic E-state index is -0.813. The van der Waals surface area contributed by atoms with Gasteiger partial charge in [0.25, 0.3) is 5.69 Å². The standard InChI is InChI=1S/C24H18ClN3O4S/c1-15-8-11-19(12-9-15)33-22-16(2)26-27(17-6-4-3-5-7-17)23(22)32-24(29)20-14-18(28(30)31)10-13-21(20)25/h3-14H,1-2H3. The third-order valence-corrected chi connectivity index (χ3v) is 6.29. The molecule has 0 fully saturated rings. The number of carbonyl (C=O) groups is 1. The van der Waals surface area contributed by atoms with Crippen molar-refractivity contribution in [1.82, 2.24) is 9.78 Å². The summed E-state index contributed by atoms with van der Waals surface area (Å²) in [5.74, 6) is -0.608. The van der Waals surface area contributed by atoms with E-state index in [-0.39, 0.29) is 22.2 Å². The summed E-state index contributed by atoms with van der Waals surface area (Å²) in [4.78, 5) is 25.2. The van der Waals surface area contributed by atoms with Crippen molar-refractivity contribution in [1.29, 1.82) is 0 Å². The lowest BCUT2D eigenvalue weighted by molar-refractivity contribution is -0.384. The van der Waals surface area contributed by atoms with Crippen LogP contribution in [0.5, 0.6) is 5.88 Å². The molecule has 0 aliphatic heterocycles. The predicted octanol–water partition coefficient (Wildman–Crippen LogP) is 6.42. The molecule has 4 aromatic rings. The van der Waals surface area contributed by atoms with Crippen LogP contribution in [0.4, 0.5) is 5.69 Å². The number of non-ortho nitro benzene ring substituents is 1. The molecule has 3 aromatic carbocycles. The molecule has 33 heavy (non-hydrogen) atoms. The Morgan fingerprint density at radius 3 is 2.42 bits per heavy atom. The number of aryl methyl sites for hydroxylation is 2. The molecule has 0 saturated heterocycles. The van der Waals surface area contributed by atoms with Gasteiger partial charge >= 0.3 is 5.97 Å². The normalized spacial score (nSPS) is 10.8. The number of aromatic nitrogens is 2. The molecule has 0 spiro atoms. The number of carbonyl (C=O) groups excluding carboxylic acids is 1.